The van der Waals surface area contributed by atoms with Crippen molar-refractivity contribution in [1.29, 1.82) is 0 Å². The van der Waals surface area contributed by atoms with Gasteiger partial charge in [0.05, 0.1) is 48.3 Å². The first-order chi connectivity index (χ1) is 21.6. The second kappa shape index (κ2) is 25.3. The number of methoxy groups -OCH3 is 4. The maximum Gasteiger partial charge on any atom is 0.407 e. The van der Waals surface area contributed by atoms with Crippen LogP contribution in [0.15, 0.2) is 0 Å². The number of carbonyl (C=O) groups excluding carboxylic acids is 8. The maximum absolute atomic E-state index is 11.6. The third-order valence-electron chi connectivity index (χ3n) is 5.27. The van der Waals surface area contributed by atoms with Crippen LogP contribution in [-0.4, -0.2) is 134 Å². The van der Waals surface area contributed by atoms with Gasteiger partial charge >= 0.3 is 24.4 Å². The first kappa shape index (κ1) is 43.0. The predicted octanol–water partition coefficient (Wildman–Crippen LogP) is -2.61. The molecule has 4 unspecified atom stereocenters. The van der Waals surface area contributed by atoms with Gasteiger partial charge < -0.3 is 66.2 Å². The van der Waals surface area contributed by atoms with Gasteiger partial charge in [-0.15, -0.1) is 0 Å². The maximum atomic E-state index is 11.6. The van der Waals surface area contributed by atoms with Gasteiger partial charge in [-0.3, -0.25) is 19.2 Å². The van der Waals surface area contributed by atoms with Crippen LogP contribution in [0.4, 0.5) is 19.2 Å². The van der Waals surface area contributed by atoms with Crippen LogP contribution < -0.4 is 42.5 Å². The summed E-state index contributed by atoms with van der Waals surface area (Å²) in [6, 6.07) is -3.09. The summed E-state index contributed by atoms with van der Waals surface area (Å²) in [4.78, 5) is 90.0. The Morgan fingerprint density at radius 3 is 0.913 bits per heavy atom. The largest absolute Gasteiger partial charge is 0.453 e. The molecule has 0 aliphatic rings. The van der Waals surface area contributed by atoms with Crippen molar-refractivity contribution in [2.75, 3.05) is 61.4 Å². The highest BCUT2D eigenvalue weighted by Crippen LogP contribution is 1.87. The van der Waals surface area contributed by atoms with E-state index in [2.05, 4.69) is 61.5 Å². The minimum atomic E-state index is -0.819. The Bertz CT molecular complexity index is 938. The fourth-order valence-corrected chi connectivity index (χ4v) is 2.63. The molecule has 0 aromatic heterocycles. The Morgan fingerprint density at radius 1 is 0.435 bits per heavy atom. The van der Waals surface area contributed by atoms with Gasteiger partial charge in [0.2, 0.25) is 23.6 Å². The molecular formula is C25H46N8O13. The Balaban J connectivity index is 0. The molecule has 4 atom stereocenters. The number of alkyl carbamates (subject to hydrolysis) is 4. The molecule has 0 aliphatic carbocycles. The zero-order chi connectivity index (χ0) is 35.7. The van der Waals surface area contributed by atoms with Gasteiger partial charge in [0.1, 0.15) is 24.2 Å². The molecule has 21 nitrogen and oxygen atoms in total. The molecule has 46 heavy (non-hydrogen) atoms. The monoisotopic (exact) mass is 666 g/mol. The Hall–Kier alpha value is -5.08. The van der Waals surface area contributed by atoms with Crippen molar-refractivity contribution in [2.24, 2.45) is 0 Å². The summed E-state index contributed by atoms with van der Waals surface area (Å²) in [5, 5.41) is 19.1. The number of ether oxygens (including phenoxy) is 5. The molecule has 0 spiro atoms. The van der Waals surface area contributed by atoms with Crippen LogP contribution in [0.3, 0.4) is 0 Å². The lowest BCUT2D eigenvalue weighted by atomic mass is 10.3. The van der Waals surface area contributed by atoms with Crippen LogP contribution >= 0.6 is 0 Å². The predicted molar refractivity (Wildman–Crippen MR) is 158 cm³/mol. The van der Waals surface area contributed by atoms with Crippen LogP contribution in [0.2, 0.25) is 0 Å². The smallest absolute Gasteiger partial charge is 0.407 e. The van der Waals surface area contributed by atoms with Gasteiger partial charge in [-0.05, 0) is 27.7 Å². The van der Waals surface area contributed by atoms with Gasteiger partial charge in [-0.1, -0.05) is 0 Å². The SMILES string of the molecule is COC(=O)NC(C)C(=O)NCCOCCNC(=O)C(C)NC(=O)OC.COC(=O)NC(C)C(=O)NCNC(=O)C(C)NC(=O)OC. The summed E-state index contributed by atoms with van der Waals surface area (Å²) < 4.78 is 22.7. The van der Waals surface area contributed by atoms with Gasteiger partial charge in [-0.2, -0.15) is 0 Å². The minimum absolute atomic E-state index is 0.155. The summed E-state index contributed by atoms with van der Waals surface area (Å²) in [5.41, 5.74) is 0. The average molecular weight is 667 g/mol. The van der Waals surface area contributed by atoms with E-state index in [1.165, 1.54) is 56.1 Å². The standard InChI is InChI=1S/C14H26N4O7.C11H20N4O6/c1-9(17-13(21)23-3)11(19)15-5-7-25-8-6-16-12(20)10(2)18-14(22)24-4;1-6(14-10(18)20-3)8(16)12-5-13-9(17)7(2)15-11(19)21-4/h9-10H,5-8H2,1-4H3,(H,15,19)(H,16,20)(H,17,21)(H,18,22);6-7H,5H2,1-4H3,(H,12,16)(H,13,17)(H,14,18)(H,15,19). The highest BCUT2D eigenvalue weighted by Gasteiger charge is 2.18. The third-order valence-corrected chi connectivity index (χ3v) is 5.27. The fourth-order valence-electron chi connectivity index (χ4n) is 2.63. The molecule has 0 aromatic carbocycles. The van der Waals surface area contributed by atoms with Crippen molar-refractivity contribution in [3.8, 4) is 0 Å². The number of nitrogens with one attached hydrogen (secondary N) is 8. The number of rotatable bonds is 16. The van der Waals surface area contributed by atoms with E-state index in [1.54, 1.807) is 0 Å². The van der Waals surface area contributed by atoms with Crippen molar-refractivity contribution >= 4 is 48.0 Å². The normalized spacial score (nSPS) is 12.3. The summed E-state index contributed by atoms with van der Waals surface area (Å²) in [5.74, 6) is -1.75. The van der Waals surface area contributed by atoms with Crippen LogP contribution in [0.1, 0.15) is 27.7 Å². The lowest BCUT2D eigenvalue weighted by Gasteiger charge is -2.15. The summed E-state index contributed by atoms with van der Waals surface area (Å²) in [6.45, 7) is 6.77. The Morgan fingerprint density at radius 2 is 0.674 bits per heavy atom. The number of hydrogen-bond acceptors (Lipinski definition) is 13. The lowest BCUT2D eigenvalue weighted by Crippen LogP contribution is -2.51. The summed E-state index contributed by atoms with van der Waals surface area (Å²) in [7, 11) is 4.77. The quantitative estimate of drug-likeness (QED) is 0.0477. The van der Waals surface area contributed by atoms with E-state index in [-0.39, 0.29) is 44.8 Å². The molecule has 0 aromatic rings. The van der Waals surface area contributed by atoms with E-state index >= 15 is 0 Å². The van der Waals surface area contributed by atoms with Crippen LogP contribution in [0.5, 0.6) is 0 Å². The Kier molecular flexibility index (Phi) is 23.6. The van der Waals surface area contributed by atoms with E-state index in [9.17, 15) is 38.4 Å². The first-order valence-corrected chi connectivity index (χ1v) is 13.7. The molecular weight excluding hydrogens is 620 g/mol. The number of carbonyl (C=O) groups is 8. The molecule has 21 heteroatoms. The van der Waals surface area contributed by atoms with Gasteiger partial charge in [0, 0.05) is 13.1 Å². The van der Waals surface area contributed by atoms with E-state index < -0.39 is 60.4 Å². The van der Waals surface area contributed by atoms with Crippen molar-refractivity contribution in [1.82, 2.24) is 42.5 Å². The summed E-state index contributed by atoms with van der Waals surface area (Å²) in [6.07, 6.45) is -2.86. The van der Waals surface area contributed by atoms with Crippen LogP contribution in [-0.2, 0) is 42.9 Å². The molecule has 0 bridgehead atoms. The van der Waals surface area contributed by atoms with Gasteiger partial charge in [0.15, 0.2) is 0 Å². The fraction of sp³-hybridized carbons (Fsp3) is 0.680. The molecule has 0 fully saturated rings. The number of hydrogen-bond donors (Lipinski definition) is 8. The zero-order valence-corrected chi connectivity index (χ0v) is 27.2. The van der Waals surface area contributed by atoms with Crippen molar-refractivity contribution in [3.05, 3.63) is 0 Å². The molecule has 0 heterocycles. The Labute approximate surface area is 266 Å². The van der Waals surface area contributed by atoms with Gasteiger partial charge in [-0.25, -0.2) is 19.2 Å². The average Bonchev–Trinajstić information content (AvgIpc) is 3.03. The van der Waals surface area contributed by atoms with E-state index in [0.29, 0.717) is 0 Å². The third kappa shape index (κ3) is 21.6. The molecule has 0 rings (SSSR count). The highest BCUT2D eigenvalue weighted by atomic mass is 16.5. The highest BCUT2D eigenvalue weighted by molar-refractivity contribution is 5.87. The van der Waals surface area contributed by atoms with E-state index in [4.69, 9.17) is 4.74 Å². The molecule has 264 valence electrons. The second-order valence-corrected chi connectivity index (χ2v) is 8.88. The lowest BCUT2D eigenvalue weighted by molar-refractivity contribution is -0.125. The molecule has 0 radical (unpaired) electrons. The first-order valence-electron chi connectivity index (χ1n) is 13.7. The van der Waals surface area contributed by atoms with Crippen molar-refractivity contribution < 1.29 is 62.0 Å². The van der Waals surface area contributed by atoms with Crippen LogP contribution in [0.25, 0.3) is 0 Å². The van der Waals surface area contributed by atoms with Crippen molar-refractivity contribution in [2.45, 2.75) is 51.9 Å². The molecule has 0 saturated carbocycles. The molecule has 8 amide bonds. The topological polar surface area (TPSA) is 279 Å². The van der Waals surface area contributed by atoms with Gasteiger partial charge in [0.25, 0.3) is 0 Å². The minimum Gasteiger partial charge on any atom is -0.453 e. The zero-order valence-electron chi connectivity index (χ0n) is 27.2. The second-order valence-electron chi connectivity index (χ2n) is 8.88. The summed E-state index contributed by atoms with van der Waals surface area (Å²) >= 11 is 0. The molecule has 0 aliphatic heterocycles. The van der Waals surface area contributed by atoms with E-state index in [1.807, 2.05) is 0 Å². The molecule has 0 saturated heterocycles. The van der Waals surface area contributed by atoms with E-state index in [0.717, 1.165) is 0 Å². The van der Waals surface area contributed by atoms with Crippen LogP contribution in [0, 0.1) is 0 Å². The number of amides is 8. The van der Waals surface area contributed by atoms with Crippen molar-refractivity contribution in [3.63, 3.8) is 0 Å². The molecule has 8 N–H and O–H groups in total.